The van der Waals surface area contributed by atoms with Crippen LogP contribution in [0.3, 0.4) is 0 Å². The Kier molecular flexibility index (Phi) is 4.58. The Bertz CT molecular complexity index is 381. The third-order valence-corrected chi connectivity index (χ3v) is 4.93. The lowest BCUT2D eigenvalue weighted by atomic mass is 9.85. The molecule has 0 aromatic carbocycles. The number of hydrazone groups is 1. The Morgan fingerprint density at radius 2 is 1.70 bits per heavy atom. The average molecular weight is 278 g/mol. The van der Waals surface area contributed by atoms with Crippen LogP contribution in [0.5, 0.6) is 0 Å². The van der Waals surface area contributed by atoms with Crippen LogP contribution in [0.4, 0.5) is 4.79 Å². The molecule has 0 radical (unpaired) electrons. The van der Waals surface area contributed by atoms with Crippen molar-refractivity contribution in [1.82, 2.24) is 5.01 Å². The molecule has 0 aromatic rings. The van der Waals surface area contributed by atoms with Gasteiger partial charge >= 0.3 is 6.09 Å². The molecule has 4 nitrogen and oxygen atoms in total. The van der Waals surface area contributed by atoms with E-state index in [2.05, 4.69) is 5.10 Å². The van der Waals surface area contributed by atoms with Crippen molar-refractivity contribution in [2.24, 2.45) is 11.0 Å². The smallest absolute Gasteiger partial charge is 0.430 e. The standard InChI is InChI=1S/C16H26N2O2/c19-16-18-14(12-20-16)11-13-9-7-5-3-1-2-4-6-8-10-15(13)17-18/h13-14H,1-12H2. The van der Waals surface area contributed by atoms with E-state index in [-0.39, 0.29) is 12.1 Å². The zero-order valence-electron chi connectivity index (χ0n) is 12.4. The molecule has 0 spiro atoms. The molecular weight excluding hydrogens is 252 g/mol. The summed E-state index contributed by atoms with van der Waals surface area (Å²) in [6.07, 6.45) is 13.9. The predicted octanol–water partition coefficient (Wildman–Crippen LogP) is 4.10. The van der Waals surface area contributed by atoms with Gasteiger partial charge in [-0.25, -0.2) is 4.79 Å². The minimum atomic E-state index is -0.243. The van der Waals surface area contributed by atoms with Crippen molar-refractivity contribution < 1.29 is 9.53 Å². The lowest BCUT2D eigenvalue weighted by molar-refractivity contribution is 0.157. The molecule has 1 amide bonds. The number of carbonyl (C=O) groups excluding carboxylic acids is 1. The van der Waals surface area contributed by atoms with E-state index in [0.717, 1.165) is 12.8 Å². The lowest BCUT2D eigenvalue weighted by Crippen LogP contribution is -2.39. The van der Waals surface area contributed by atoms with E-state index in [4.69, 9.17) is 4.74 Å². The summed E-state index contributed by atoms with van der Waals surface area (Å²) in [4.78, 5) is 11.7. The Labute approximate surface area is 121 Å². The number of ether oxygens (including phenoxy) is 1. The van der Waals surface area contributed by atoms with E-state index in [1.165, 1.54) is 63.5 Å². The van der Waals surface area contributed by atoms with Crippen LogP contribution < -0.4 is 0 Å². The van der Waals surface area contributed by atoms with Gasteiger partial charge in [-0.1, -0.05) is 44.9 Å². The monoisotopic (exact) mass is 278 g/mol. The molecule has 20 heavy (non-hydrogen) atoms. The summed E-state index contributed by atoms with van der Waals surface area (Å²) < 4.78 is 5.14. The van der Waals surface area contributed by atoms with Gasteiger partial charge in [0.1, 0.15) is 6.61 Å². The normalized spacial score (nSPS) is 32.3. The number of cyclic esters (lactones) is 1. The maximum atomic E-state index is 11.7. The lowest BCUT2D eigenvalue weighted by Gasteiger charge is -2.30. The summed E-state index contributed by atoms with van der Waals surface area (Å²) >= 11 is 0. The van der Waals surface area contributed by atoms with E-state index in [1.54, 1.807) is 5.01 Å². The number of hydrogen-bond donors (Lipinski definition) is 0. The minimum absolute atomic E-state index is 0.198. The number of amides is 1. The minimum Gasteiger partial charge on any atom is -0.446 e. The van der Waals surface area contributed by atoms with Crippen LogP contribution >= 0.6 is 0 Å². The first-order valence-corrected chi connectivity index (χ1v) is 8.38. The van der Waals surface area contributed by atoms with E-state index in [0.29, 0.717) is 12.5 Å². The van der Waals surface area contributed by atoms with Gasteiger partial charge in [0.05, 0.1) is 6.04 Å². The molecule has 112 valence electrons. The first-order chi connectivity index (χ1) is 9.84. The Hall–Kier alpha value is -1.06. The van der Waals surface area contributed by atoms with Crippen molar-refractivity contribution in [3.8, 4) is 0 Å². The highest BCUT2D eigenvalue weighted by atomic mass is 16.6. The average Bonchev–Trinajstić information content (AvgIpc) is 2.79. The largest absolute Gasteiger partial charge is 0.446 e. The second-order valence-electron chi connectivity index (χ2n) is 6.47. The summed E-state index contributed by atoms with van der Waals surface area (Å²) in [5.74, 6) is 0.588. The van der Waals surface area contributed by atoms with Gasteiger partial charge < -0.3 is 4.74 Å². The van der Waals surface area contributed by atoms with Crippen molar-refractivity contribution in [1.29, 1.82) is 0 Å². The van der Waals surface area contributed by atoms with Crippen LogP contribution in [0.15, 0.2) is 5.10 Å². The number of rotatable bonds is 0. The summed E-state index contributed by atoms with van der Waals surface area (Å²) in [5.41, 5.74) is 1.26. The van der Waals surface area contributed by atoms with Gasteiger partial charge in [0.2, 0.25) is 0 Å². The third-order valence-electron chi connectivity index (χ3n) is 4.93. The van der Waals surface area contributed by atoms with E-state index < -0.39 is 0 Å². The van der Waals surface area contributed by atoms with E-state index >= 15 is 0 Å². The second kappa shape index (κ2) is 6.59. The first-order valence-electron chi connectivity index (χ1n) is 8.38. The van der Waals surface area contributed by atoms with Crippen LogP contribution in [0, 0.1) is 5.92 Å². The van der Waals surface area contributed by atoms with Crippen molar-refractivity contribution in [3.05, 3.63) is 0 Å². The first kappa shape index (κ1) is 13.9. The van der Waals surface area contributed by atoms with Gasteiger partial charge in [0.25, 0.3) is 0 Å². The zero-order chi connectivity index (χ0) is 13.8. The Morgan fingerprint density at radius 1 is 1.00 bits per heavy atom. The van der Waals surface area contributed by atoms with Crippen molar-refractivity contribution >= 4 is 11.8 Å². The highest BCUT2D eigenvalue weighted by Gasteiger charge is 2.39. The molecule has 1 saturated carbocycles. The molecule has 2 aliphatic heterocycles. The van der Waals surface area contributed by atoms with Gasteiger partial charge in [-0.3, -0.25) is 0 Å². The fourth-order valence-electron chi connectivity index (χ4n) is 3.72. The second-order valence-corrected chi connectivity index (χ2v) is 6.47. The molecule has 1 saturated heterocycles. The summed E-state index contributed by atoms with van der Waals surface area (Å²) in [7, 11) is 0. The molecule has 4 heteroatoms. The van der Waals surface area contributed by atoms with Gasteiger partial charge in [-0.05, 0) is 25.7 Å². The van der Waals surface area contributed by atoms with Crippen LogP contribution in [-0.4, -0.2) is 29.5 Å². The van der Waals surface area contributed by atoms with Crippen LogP contribution in [0.2, 0.25) is 0 Å². The molecule has 0 bridgehead atoms. The number of fused-ring (bicyclic) bond motifs is 2. The van der Waals surface area contributed by atoms with Gasteiger partial charge in [0.15, 0.2) is 0 Å². The Morgan fingerprint density at radius 3 is 2.50 bits per heavy atom. The zero-order valence-corrected chi connectivity index (χ0v) is 12.4. The molecule has 2 atom stereocenters. The molecule has 0 N–H and O–H groups in total. The maximum Gasteiger partial charge on any atom is 0.430 e. The summed E-state index contributed by atoms with van der Waals surface area (Å²) in [6, 6.07) is 0.198. The topological polar surface area (TPSA) is 41.9 Å². The van der Waals surface area contributed by atoms with Gasteiger partial charge in [-0.2, -0.15) is 10.1 Å². The summed E-state index contributed by atoms with van der Waals surface area (Å²) in [6.45, 7) is 0.534. The molecule has 2 unspecified atom stereocenters. The molecule has 3 aliphatic rings. The van der Waals surface area contributed by atoms with Crippen molar-refractivity contribution in [2.45, 2.75) is 76.7 Å². The molecule has 2 heterocycles. The fraction of sp³-hybridized carbons (Fsp3) is 0.875. The van der Waals surface area contributed by atoms with Crippen molar-refractivity contribution in [3.63, 3.8) is 0 Å². The SMILES string of the molecule is O=C1OCC2CC3CCCCCCCCCCC3=NN12. The molecular formula is C16H26N2O2. The Balaban J connectivity index is 1.69. The molecule has 1 aliphatic carbocycles. The van der Waals surface area contributed by atoms with Crippen molar-refractivity contribution in [2.75, 3.05) is 6.61 Å². The molecule has 2 fully saturated rings. The van der Waals surface area contributed by atoms with Crippen LogP contribution in [0.25, 0.3) is 0 Å². The third kappa shape index (κ3) is 3.15. The molecule has 3 rings (SSSR count). The van der Waals surface area contributed by atoms with Gasteiger partial charge in [0, 0.05) is 11.6 Å². The maximum absolute atomic E-state index is 11.7. The fourth-order valence-corrected chi connectivity index (χ4v) is 3.72. The number of hydrogen-bond acceptors (Lipinski definition) is 3. The molecule has 0 aromatic heterocycles. The van der Waals surface area contributed by atoms with Gasteiger partial charge in [-0.15, -0.1) is 0 Å². The summed E-state index contributed by atoms with van der Waals surface area (Å²) in [5, 5.41) is 6.26. The van der Waals surface area contributed by atoms with Crippen LogP contribution in [-0.2, 0) is 4.74 Å². The van der Waals surface area contributed by atoms with E-state index in [9.17, 15) is 4.79 Å². The van der Waals surface area contributed by atoms with E-state index in [1.807, 2.05) is 0 Å². The quantitative estimate of drug-likeness (QED) is 0.669. The number of carbonyl (C=O) groups is 1. The van der Waals surface area contributed by atoms with Crippen LogP contribution in [0.1, 0.15) is 70.6 Å². The predicted molar refractivity (Wildman–Crippen MR) is 78.7 cm³/mol. The number of nitrogens with zero attached hydrogens (tertiary/aromatic N) is 2. The highest BCUT2D eigenvalue weighted by molar-refractivity contribution is 5.89. The highest BCUT2D eigenvalue weighted by Crippen LogP contribution is 2.31.